The molecule has 1 aliphatic rings. The summed E-state index contributed by atoms with van der Waals surface area (Å²) in [4.78, 5) is 17.4. The van der Waals surface area contributed by atoms with Crippen LogP contribution in [0.4, 0.5) is 0 Å². The van der Waals surface area contributed by atoms with Crippen LogP contribution in [-0.4, -0.2) is 20.5 Å². The summed E-state index contributed by atoms with van der Waals surface area (Å²) >= 11 is 1.61. The molecule has 0 saturated heterocycles. The van der Waals surface area contributed by atoms with Crippen molar-refractivity contribution in [2.24, 2.45) is 0 Å². The van der Waals surface area contributed by atoms with E-state index in [-0.39, 0.29) is 11.7 Å². The molecule has 1 atom stereocenters. The third-order valence-corrected chi connectivity index (χ3v) is 6.03. The smallest absolute Gasteiger partial charge is 0.211 e. The number of carbonyl (C=O) groups excluding carboxylic acids is 1. The van der Waals surface area contributed by atoms with Crippen molar-refractivity contribution in [2.45, 2.75) is 25.7 Å². The summed E-state index contributed by atoms with van der Waals surface area (Å²) in [5.41, 5.74) is 5.13. The van der Waals surface area contributed by atoms with Crippen LogP contribution in [0, 0.1) is 6.92 Å². The molecule has 4 aromatic rings. The lowest BCUT2D eigenvalue weighted by Gasteiger charge is -2.22. The van der Waals surface area contributed by atoms with Crippen LogP contribution in [0.15, 0.2) is 54.7 Å². The number of aryl methyl sites for hydroxylation is 1. The molecule has 2 aromatic heterocycles. The Morgan fingerprint density at radius 3 is 2.85 bits per heavy atom. The van der Waals surface area contributed by atoms with Gasteiger partial charge in [-0.25, -0.2) is 9.67 Å². The monoisotopic (exact) mass is 359 g/mol. The summed E-state index contributed by atoms with van der Waals surface area (Å²) in [6.07, 6.45) is 3.05. The third kappa shape index (κ3) is 2.47. The Hall–Kier alpha value is -2.79. The number of hydrogen-bond acceptors (Lipinski definition) is 4. The van der Waals surface area contributed by atoms with Crippen molar-refractivity contribution in [2.75, 3.05) is 0 Å². The Morgan fingerprint density at radius 1 is 1.12 bits per heavy atom. The molecule has 0 radical (unpaired) electrons. The number of benzene rings is 2. The highest BCUT2D eigenvalue weighted by Gasteiger charge is 2.30. The van der Waals surface area contributed by atoms with E-state index in [0.29, 0.717) is 6.42 Å². The first-order valence-corrected chi connectivity index (χ1v) is 9.53. The molecule has 0 amide bonds. The molecule has 0 fully saturated rings. The lowest BCUT2D eigenvalue weighted by molar-refractivity contribution is 0.0963. The number of carbonyl (C=O) groups is 1. The maximum atomic E-state index is 12.7. The summed E-state index contributed by atoms with van der Waals surface area (Å²) < 4.78 is 2.99. The zero-order valence-corrected chi connectivity index (χ0v) is 15.2. The number of Topliss-reactive ketones (excluding diaryl/α,β-unsaturated/α-hetero) is 1. The van der Waals surface area contributed by atoms with E-state index >= 15 is 0 Å². The standard InChI is InChI=1S/C21H17N3OS/c1-13-5-4-6-14(9-13)15-10-18-16(19(25)11-15)12-22-24(18)21-23-17-7-2-3-8-20(17)26-21/h2-9,12,15H,10-11H2,1H3. The molecule has 2 aromatic carbocycles. The van der Waals surface area contributed by atoms with Gasteiger partial charge in [-0.2, -0.15) is 5.10 Å². The normalized spacial score (nSPS) is 16.8. The van der Waals surface area contributed by atoms with Crippen molar-refractivity contribution in [1.82, 2.24) is 14.8 Å². The van der Waals surface area contributed by atoms with Crippen molar-refractivity contribution in [3.63, 3.8) is 0 Å². The molecule has 0 saturated carbocycles. The van der Waals surface area contributed by atoms with Crippen molar-refractivity contribution >= 4 is 27.3 Å². The Balaban J connectivity index is 1.59. The first-order chi connectivity index (χ1) is 12.7. The fourth-order valence-corrected chi connectivity index (χ4v) is 4.67. The minimum Gasteiger partial charge on any atom is -0.294 e. The van der Waals surface area contributed by atoms with Gasteiger partial charge in [0.05, 0.1) is 27.7 Å². The molecule has 4 nitrogen and oxygen atoms in total. The van der Waals surface area contributed by atoms with Gasteiger partial charge in [-0.05, 0) is 37.0 Å². The molecule has 0 bridgehead atoms. The van der Waals surface area contributed by atoms with Crippen LogP contribution in [0.25, 0.3) is 15.3 Å². The SMILES string of the molecule is Cc1cccc(C2CC(=O)c3cnn(-c4nc5ccccc5s4)c3C2)c1. The molecule has 5 rings (SSSR count). The third-order valence-electron chi connectivity index (χ3n) is 5.02. The summed E-state index contributed by atoms with van der Waals surface area (Å²) in [6, 6.07) is 16.5. The van der Waals surface area contributed by atoms with E-state index in [1.54, 1.807) is 17.5 Å². The molecule has 1 aliphatic carbocycles. The first kappa shape index (κ1) is 15.5. The Morgan fingerprint density at radius 2 is 2.00 bits per heavy atom. The first-order valence-electron chi connectivity index (χ1n) is 8.71. The Labute approximate surface area is 155 Å². The predicted octanol–water partition coefficient (Wildman–Crippen LogP) is 4.70. The summed E-state index contributed by atoms with van der Waals surface area (Å²) in [5, 5.41) is 5.33. The zero-order chi connectivity index (χ0) is 17.7. The predicted molar refractivity (Wildman–Crippen MR) is 103 cm³/mol. The average Bonchev–Trinajstić information content (AvgIpc) is 3.25. The highest BCUT2D eigenvalue weighted by Crippen LogP contribution is 2.35. The maximum Gasteiger partial charge on any atom is 0.211 e. The van der Waals surface area contributed by atoms with E-state index in [1.165, 1.54) is 11.1 Å². The van der Waals surface area contributed by atoms with Crippen LogP contribution < -0.4 is 0 Å². The Bertz CT molecular complexity index is 1110. The summed E-state index contributed by atoms with van der Waals surface area (Å²) in [5.74, 6) is 0.366. The number of nitrogens with zero attached hydrogens (tertiary/aromatic N) is 3. The molecule has 26 heavy (non-hydrogen) atoms. The summed E-state index contributed by atoms with van der Waals surface area (Å²) in [7, 11) is 0. The van der Waals surface area contributed by atoms with Crippen LogP contribution in [0.3, 0.4) is 0 Å². The largest absolute Gasteiger partial charge is 0.294 e. The van der Waals surface area contributed by atoms with E-state index < -0.39 is 0 Å². The lowest BCUT2D eigenvalue weighted by atomic mass is 9.82. The van der Waals surface area contributed by atoms with Crippen molar-refractivity contribution in [1.29, 1.82) is 0 Å². The Kier molecular flexibility index (Phi) is 3.50. The van der Waals surface area contributed by atoms with E-state index in [2.05, 4.69) is 42.4 Å². The molecular formula is C21H17N3OS. The van der Waals surface area contributed by atoms with Gasteiger partial charge in [-0.15, -0.1) is 0 Å². The van der Waals surface area contributed by atoms with Crippen LogP contribution in [-0.2, 0) is 6.42 Å². The molecule has 128 valence electrons. The van der Waals surface area contributed by atoms with Crippen molar-refractivity contribution in [3.05, 3.63) is 77.1 Å². The van der Waals surface area contributed by atoms with E-state index in [1.807, 2.05) is 22.9 Å². The van der Waals surface area contributed by atoms with Crippen molar-refractivity contribution in [3.8, 4) is 5.13 Å². The van der Waals surface area contributed by atoms with Gasteiger partial charge in [0.1, 0.15) is 0 Å². The van der Waals surface area contributed by atoms with Gasteiger partial charge in [0.15, 0.2) is 5.78 Å². The van der Waals surface area contributed by atoms with Crippen molar-refractivity contribution < 1.29 is 4.79 Å². The number of thiazole rings is 1. The van der Waals surface area contributed by atoms with Crippen LogP contribution in [0.1, 0.15) is 39.5 Å². The molecule has 5 heteroatoms. The molecule has 0 aliphatic heterocycles. The quantitative estimate of drug-likeness (QED) is 0.521. The second-order valence-corrected chi connectivity index (χ2v) is 7.83. The van der Waals surface area contributed by atoms with Crippen LogP contribution in [0.5, 0.6) is 0 Å². The number of rotatable bonds is 2. The second-order valence-electron chi connectivity index (χ2n) is 6.82. The number of para-hydroxylation sites is 1. The number of fused-ring (bicyclic) bond motifs is 2. The van der Waals surface area contributed by atoms with Gasteiger partial charge in [0.25, 0.3) is 0 Å². The van der Waals surface area contributed by atoms with Gasteiger partial charge < -0.3 is 0 Å². The fraction of sp³-hybridized carbons (Fsp3) is 0.190. The van der Waals surface area contributed by atoms with Gasteiger partial charge in [0.2, 0.25) is 5.13 Å². The minimum absolute atomic E-state index is 0.171. The molecule has 0 spiro atoms. The van der Waals surface area contributed by atoms with Gasteiger partial charge in [-0.1, -0.05) is 53.3 Å². The average molecular weight is 359 g/mol. The highest BCUT2D eigenvalue weighted by atomic mass is 32.1. The highest BCUT2D eigenvalue weighted by molar-refractivity contribution is 7.20. The fourth-order valence-electron chi connectivity index (χ4n) is 3.72. The summed E-state index contributed by atoms with van der Waals surface area (Å²) in [6.45, 7) is 2.09. The maximum absolute atomic E-state index is 12.7. The molecule has 1 unspecified atom stereocenters. The van der Waals surface area contributed by atoms with Gasteiger partial charge >= 0.3 is 0 Å². The van der Waals surface area contributed by atoms with Gasteiger partial charge in [0, 0.05) is 6.42 Å². The number of ketones is 1. The van der Waals surface area contributed by atoms with Gasteiger partial charge in [-0.3, -0.25) is 4.79 Å². The number of aromatic nitrogens is 3. The van der Waals surface area contributed by atoms with Crippen LogP contribution in [0.2, 0.25) is 0 Å². The van der Waals surface area contributed by atoms with E-state index in [4.69, 9.17) is 4.98 Å². The zero-order valence-electron chi connectivity index (χ0n) is 14.3. The molecule has 0 N–H and O–H groups in total. The molecular weight excluding hydrogens is 342 g/mol. The van der Waals surface area contributed by atoms with E-state index in [0.717, 1.165) is 33.0 Å². The van der Waals surface area contributed by atoms with E-state index in [9.17, 15) is 4.79 Å². The minimum atomic E-state index is 0.171. The topological polar surface area (TPSA) is 47.8 Å². The second kappa shape index (κ2) is 5.88. The molecule has 2 heterocycles. The lowest BCUT2D eigenvalue weighted by Crippen LogP contribution is -2.20. The number of hydrogen-bond donors (Lipinski definition) is 0. The van der Waals surface area contributed by atoms with Crippen LogP contribution >= 0.6 is 11.3 Å².